The predicted molar refractivity (Wildman–Crippen MR) is 117 cm³/mol. The van der Waals surface area contributed by atoms with Gasteiger partial charge in [0.25, 0.3) is 0 Å². The van der Waals surface area contributed by atoms with E-state index in [1.165, 1.54) is 12.1 Å². The van der Waals surface area contributed by atoms with Gasteiger partial charge in [0, 0.05) is 18.8 Å². The van der Waals surface area contributed by atoms with Gasteiger partial charge in [0.2, 0.25) is 15.9 Å². The molecule has 1 aliphatic heterocycles. The molecule has 180 valence electrons. The second-order valence-corrected chi connectivity index (χ2v) is 9.80. The van der Waals surface area contributed by atoms with Crippen molar-refractivity contribution in [2.75, 3.05) is 31.5 Å². The lowest BCUT2D eigenvalue weighted by molar-refractivity contribution is -0.274. The molecule has 3 rings (SSSR count). The molecular formula is C22H26F3N3O4S. The van der Waals surface area contributed by atoms with E-state index in [9.17, 15) is 26.4 Å². The van der Waals surface area contributed by atoms with Gasteiger partial charge in [-0.2, -0.15) is 0 Å². The SMILES string of the molecule is Cc1ccc(S(=O)(=O)NCC2CCCN(CC(=O)Nc3ccc(OC(F)(F)F)cc3)C2)cc1. The first-order valence-electron chi connectivity index (χ1n) is 10.4. The van der Waals surface area contributed by atoms with E-state index in [-0.39, 0.29) is 35.6 Å². The molecule has 1 amide bonds. The Morgan fingerprint density at radius 3 is 2.42 bits per heavy atom. The van der Waals surface area contributed by atoms with E-state index in [4.69, 9.17) is 0 Å². The smallest absolute Gasteiger partial charge is 0.406 e. The lowest BCUT2D eigenvalue weighted by atomic mass is 9.98. The molecule has 0 aromatic heterocycles. The number of nitrogens with one attached hydrogen (secondary N) is 2. The highest BCUT2D eigenvalue weighted by atomic mass is 32.2. The maximum absolute atomic E-state index is 12.5. The zero-order valence-corrected chi connectivity index (χ0v) is 18.9. The van der Waals surface area contributed by atoms with Crippen molar-refractivity contribution < 1.29 is 31.1 Å². The van der Waals surface area contributed by atoms with Crippen molar-refractivity contribution in [1.82, 2.24) is 9.62 Å². The number of anilines is 1. The number of aryl methyl sites for hydroxylation is 1. The van der Waals surface area contributed by atoms with Crippen LogP contribution in [0.3, 0.4) is 0 Å². The monoisotopic (exact) mass is 485 g/mol. The van der Waals surface area contributed by atoms with Crippen LogP contribution in [-0.2, 0) is 14.8 Å². The van der Waals surface area contributed by atoms with Crippen LogP contribution >= 0.6 is 0 Å². The summed E-state index contributed by atoms with van der Waals surface area (Å²) in [4.78, 5) is 14.5. The summed E-state index contributed by atoms with van der Waals surface area (Å²) in [6, 6.07) is 11.5. The molecule has 33 heavy (non-hydrogen) atoms. The van der Waals surface area contributed by atoms with Crippen LogP contribution in [0.1, 0.15) is 18.4 Å². The van der Waals surface area contributed by atoms with Crippen LogP contribution in [0, 0.1) is 12.8 Å². The summed E-state index contributed by atoms with van der Waals surface area (Å²) in [5, 5.41) is 2.65. The van der Waals surface area contributed by atoms with Crippen molar-refractivity contribution in [1.29, 1.82) is 0 Å². The number of rotatable bonds is 8. The third kappa shape index (κ3) is 8.02. The predicted octanol–water partition coefficient (Wildman–Crippen LogP) is 3.52. The van der Waals surface area contributed by atoms with Crippen LogP contribution in [0.4, 0.5) is 18.9 Å². The number of alkyl halides is 3. The molecular weight excluding hydrogens is 459 g/mol. The van der Waals surface area contributed by atoms with Crippen LogP contribution in [-0.4, -0.2) is 51.8 Å². The minimum absolute atomic E-state index is 0.0607. The molecule has 1 atom stereocenters. The number of sulfonamides is 1. The number of hydrogen-bond donors (Lipinski definition) is 2. The van der Waals surface area contributed by atoms with Crippen molar-refractivity contribution in [2.24, 2.45) is 5.92 Å². The Bertz CT molecular complexity index is 1040. The first kappa shape index (κ1) is 25.0. The molecule has 11 heteroatoms. The third-order valence-electron chi connectivity index (χ3n) is 5.24. The number of hydrogen-bond acceptors (Lipinski definition) is 5. The maximum atomic E-state index is 12.5. The summed E-state index contributed by atoms with van der Waals surface area (Å²) >= 11 is 0. The molecule has 0 radical (unpaired) electrons. The fraction of sp³-hybridized carbons (Fsp3) is 0.409. The molecule has 1 saturated heterocycles. The molecule has 0 spiro atoms. The molecule has 1 heterocycles. The fourth-order valence-electron chi connectivity index (χ4n) is 3.63. The third-order valence-corrected chi connectivity index (χ3v) is 6.67. The van der Waals surface area contributed by atoms with Gasteiger partial charge in [-0.3, -0.25) is 9.69 Å². The van der Waals surface area contributed by atoms with Crippen LogP contribution in [0.5, 0.6) is 5.75 Å². The lowest BCUT2D eigenvalue weighted by Gasteiger charge is -2.32. The summed E-state index contributed by atoms with van der Waals surface area (Å²) in [6.07, 6.45) is -3.10. The van der Waals surface area contributed by atoms with Crippen LogP contribution in [0.15, 0.2) is 53.4 Å². The minimum Gasteiger partial charge on any atom is -0.406 e. The normalized spacial score (nSPS) is 17.5. The van der Waals surface area contributed by atoms with Crippen molar-refractivity contribution in [2.45, 2.75) is 31.0 Å². The Morgan fingerprint density at radius 2 is 1.79 bits per heavy atom. The van der Waals surface area contributed by atoms with Gasteiger partial charge in [-0.1, -0.05) is 17.7 Å². The number of nitrogens with zero attached hydrogens (tertiary/aromatic N) is 1. The Balaban J connectivity index is 1.47. The van der Waals surface area contributed by atoms with Crippen LogP contribution < -0.4 is 14.8 Å². The van der Waals surface area contributed by atoms with Gasteiger partial charge in [0.05, 0.1) is 11.4 Å². The molecule has 1 fully saturated rings. The second-order valence-electron chi connectivity index (χ2n) is 8.03. The van der Waals surface area contributed by atoms with Gasteiger partial charge >= 0.3 is 6.36 Å². The maximum Gasteiger partial charge on any atom is 0.573 e. The van der Waals surface area contributed by atoms with Crippen molar-refractivity contribution in [3.63, 3.8) is 0 Å². The van der Waals surface area contributed by atoms with Crippen LogP contribution in [0.2, 0.25) is 0 Å². The van der Waals surface area contributed by atoms with E-state index in [2.05, 4.69) is 14.8 Å². The van der Waals surface area contributed by atoms with E-state index in [1.807, 2.05) is 11.8 Å². The molecule has 2 N–H and O–H groups in total. The summed E-state index contributed by atoms with van der Waals surface area (Å²) in [7, 11) is -3.60. The number of benzene rings is 2. The first-order chi connectivity index (χ1) is 15.5. The summed E-state index contributed by atoms with van der Waals surface area (Å²) in [5.41, 5.74) is 1.33. The van der Waals surface area contributed by atoms with Crippen molar-refractivity contribution in [3.05, 3.63) is 54.1 Å². The highest BCUT2D eigenvalue weighted by Crippen LogP contribution is 2.24. The number of likely N-dealkylation sites (tertiary alicyclic amines) is 1. The van der Waals surface area contributed by atoms with E-state index in [1.54, 1.807) is 24.3 Å². The molecule has 0 aliphatic carbocycles. The average Bonchev–Trinajstić information content (AvgIpc) is 2.73. The van der Waals surface area contributed by atoms with Crippen molar-refractivity contribution >= 4 is 21.6 Å². The lowest BCUT2D eigenvalue weighted by Crippen LogP contribution is -2.43. The quantitative estimate of drug-likeness (QED) is 0.598. The Kier molecular flexibility index (Phi) is 7.98. The molecule has 0 saturated carbocycles. The van der Waals surface area contributed by atoms with Gasteiger partial charge in [0.15, 0.2) is 0 Å². The highest BCUT2D eigenvalue weighted by molar-refractivity contribution is 7.89. The molecule has 2 aromatic rings. The number of ether oxygens (including phenoxy) is 1. The van der Waals surface area contributed by atoms with Crippen LogP contribution in [0.25, 0.3) is 0 Å². The Morgan fingerprint density at radius 1 is 1.12 bits per heavy atom. The zero-order chi connectivity index (χ0) is 24.1. The summed E-state index contributed by atoms with van der Waals surface area (Å²) in [6.45, 7) is 3.51. The minimum atomic E-state index is -4.77. The van der Waals surface area contributed by atoms with E-state index < -0.39 is 16.4 Å². The van der Waals surface area contributed by atoms with E-state index >= 15 is 0 Å². The molecule has 7 nitrogen and oxygen atoms in total. The van der Waals surface area contributed by atoms with Gasteiger partial charge in [-0.15, -0.1) is 13.2 Å². The standard InChI is InChI=1S/C22H26F3N3O4S/c1-16-4-10-20(11-5-16)33(30,31)26-13-17-3-2-12-28(14-17)15-21(29)27-18-6-8-19(9-7-18)32-22(23,24)25/h4-11,17,26H,2-3,12-15H2,1H3,(H,27,29). The summed E-state index contributed by atoms with van der Waals surface area (Å²) < 4.78 is 68.1. The molecule has 1 unspecified atom stereocenters. The Labute approximate surface area is 191 Å². The van der Waals surface area contributed by atoms with E-state index in [0.717, 1.165) is 30.5 Å². The number of carbonyl (C=O) groups excluding carboxylic acids is 1. The van der Waals surface area contributed by atoms with Gasteiger partial charge in [-0.25, -0.2) is 13.1 Å². The second kappa shape index (κ2) is 10.5. The molecule has 0 bridgehead atoms. The summed E-state index contributed by atoms with van der Waals surface area (Å²) in [5.74, 6) is -0.613. The first-order valence-corrected chi connectivity index (χ1v) is 11.9. The largest absolute Gasteiger partial charge is 0.573 e. The molecule has 1 aliphatic rings. The number of amides is 1. The number of piperidine rings is 1. The number of halogens is 3. The van der Waals surface area contributed by atoms with Crippen molar-refractivity contribution in [3.8, 4) is 5.75 Å². The fourth-order valence-corrected chi connectivity index (χ4v) is 4.75. The number of carbonyl (C=O) groups is 1. The Hall–Kier alpha value is -2.63. The van der Waals surface area contributed by atoms with Gasteiger partial charge in [-0.05, 0) is 68.6 Å². The van der Waals surface area contributed by atoms with E-state index in [0.29, 0.717) is 18.8 Å². The van der Waals surface area contributed by atoms with Gasteiger partial charge < -0.3 is 10.1 Å². The zero-order valence-electron chi connectivity index (χ0n) is 18.1. The molecule has 2 aromatic carbocycles. The van der Waals surface area contributed by atoms with Gasteiger partial charge in [0.1, 0.15) is 5.75 Å². The average molecular weight is 486 g/mol. The topological polar surface area (TPSA) is 87.7 Å². The highest BCUT2D eigenvalue weighted by Gasteiger charge is 2.31.